The van der Waals surface area contributed by atoms with E-state index >= 15 is 0 Å². The number of nitrogens with one attached hydrogen (secondary N) is 1. The van der Waals surface area contributed by atoms with Crippen LogP contribution in [0.5, 0.6) is 0 Å². The molecule has 2 rings (SSSR count). The highest BCUT2D eigenvalue weighted by Crippen LogP contribution is 2.30. The summed E-state index contributed by atoms with van der Waals surface area (Å²) < 4.78 is 2.01. The van der Waals surface area contributed by atoms with Gasteiger partial charge in [-0.25, -0.2) is 9.97 Å². The van der Waals surface area contributed by atoms with Gasteiger partial charge in [0.25, 0.3) is 0 Å². The van der Waals surface area contributed by atoms with Crippen LogP contribution < -0.4 is 5.32 Å². The summed E-state index contributed by atoms with van der Waals surface area (Å²) in [7, 11) is 3.96. The molecule has 17 heavy (non-hydrogen) atoms. The SMILES string of the molecule is CNCc1sc(-c2nccn2C)nc1C(C)C. The Labute approximate surface area is 106 Å². The molecule has 0 spiro atoms. The lowest BCUT2D eigenvalue weighted by atomic mass is 10.1. The van der Waals surface area contributed by atoms with Crippen LogP contribution in [0, 0.1) is 0 Å². The number of nitrogens with zero attached hydrogens (tertiary/aromatic N) is 3. The molecule has 0 aliphatic carbocycles. The van der Waals surface area contributed by atoms with Gasteiger partial charge in [-0.15, -0.1) is 11.3 Å². The number of aromatic nitrogens is 3. The Morgan fingerprint density at radius 3 is 2.76 bits per heavy atom. The Hall–Kier alpha value is -1.20. The summed E-state index contributed by atoms with van der Waals surface area (Å²) in [6.45, 7) is 5.22. The van der Waals surface area contributed by atoms with Crippen molar-refractivity contribution in [3.05, 3.63) is 23.0 Å². The molecule has 0 atom stereocenters. The Kier molecular flexibility index (Phi) is 3.59. The first-order chi connectivity index (χ1) is 8.13. The monoisotopic (exact) mass is 250 g/mol. The predicted octanol–water partition coefficient (Wildman–Crippen LogP) is 2.39. The third kappa shape index (κ3) is 2.40. The number of aryl methyl sites for hydroxylation is 1. The van der Waals surface area contributed by atoms with Crippen molar-refractivity contribution < 1.29 is 0 Å². The molecule has 2 aromatic heterocycles. The molecule has 2 aromatic rings. The minimum Gasteiger partial charge on any atom is -0.332 e. The van der Waals surface area contributed by atoms with Crippen molar-refractivity contribution in [2.75, 3.05) is 7.05 Å². The maximum atomic E-state index is 4.73. The van der Waals surface area contributed by atoms with Gasteiger partial charge in [0.05, 0.1) is 5.69 Å². The van der Waals surface area contributed by atoms with Crippen molar-refractivity contribution >= 4 is 11.3 Å². The summed E-state index contributed by atoms with van der Waals surface area (Å²) in [6, 6.07) is 0. The summed E-state index contributed by atoms with van der Waals surface area (Å²) >= 11 is 1.73. The van der Waals surface area contributed by atoms with E-state index in [0.717, 1.165) is 17.4 Å². The standard InChI is InChI=1S/C12H18N4S/c1-8(2)10-9(7-13-3)17-12(15-10)11-14-5-6-16(11)4/h5-6,8,13H,7H2,1-4H3. The lowest BCUT2D eigenvalue weighted by molar-refractivity contribution is 0.771. The average Bonchev–Trinajstić information content (AvgIpc) is 2.84. The van der Waals surface area contributed by atoms with Gasteiger partial charge in [-0.05, 0) is 13.0 Å². The summed E-state index contributed by atoms with van der Waals surface area (Å²) in [5.41, 5.74) is 1.18. The maximum absolute atomic E-state index is 4.73. The van der Waals surface area contributed by atoms with Gasteiger partial charge >= 0.3 is 0 Å². The minimum atomic E-state index is 0.448. The normalized spacial score (nSPS) is 11.4. The van der Waals surface area contributed by atoms with Crippen LogP contribution in [0.3, 0.4) is 0 Å². The Bertz CT molecular complexity index is 498. The second kappa shape index (κ2) is 4.98. The summed E-state index contributed by atoms with van der Waals surface area (Å²) in [5, 5.41) is 4.20. The van der Waals surface area contributed by atoms with Gasteiger partial charge in [-0.1, -0.05) is 13.8 Å². The van der Waals surface area contributed by atoms with E-state index in [1.54, 1.807) is 11.3 Å². The van der Waals surface area contributed by atoms with E-state index in [0.29, 0.717) is 5.92 Å². The lowest BCUT2D eigenvalue weighted by Gasteiger charge is -2.03. The molecule has 0 radical (unpaired) electrons. The Balaban J connectivity index is 2.43. The third-order valence-corrected chi connectivity index (χ3v) is 3.69. The van der Waals surface area contributed by atoms with Gasteiger partial charge in [-0.2, -0.15) is 0 Å². The molecule has 5 heteroatoms. The molecular weight excluding hydrogens is 232 g/mol. The van der Waals surface area contributed by atoms with Crippen LogP contribution in [-0.4, -0.2) is 21.6 Å². The minimum absolute atomic E-state index is 0.448. The molecule has 4 nitrogen and oxygen atoms in total. The Morgan fingerprint density at radius 1 is 1.47 bits per heavy atom. The first-order valence-electron chi connectivity index (χ1n) is 5.75. The fraction of sp³-hybridized carbons (Fsp3) is 0.500. The average molecular weight is 250 g/mol. The first-order valence-corrected chi connectivity index (χ1v) is 6.57. The van der Waals surface area contributed by atoms with E-state index in [9.17, 15) is 0 Å². The molecule has 0 aromatic carbocycles. The van der Waals surface area contributed by atoms with Crippen molar-refractivity contribution in [2.24, 2.45) is 7.05 Å². The van der Waals surface area contributed by atoms with Crippen LogP contribution in [-0.2, 0) is 13.6 Å². The Morgan fingerprint density at radius 2 is 2.24 bits per heavy atom. The van der Waals surface area contributed by atoms with E-state index in [1.165, 1.54) is 10.6 Å². The molecule has 92 valence electrons. The molecule has 0 amide bonds. The number of hydrogen-bond acceptors (Lipinski definition) is 4. The van der Waals surface area contributed by atoms with Gasteiger partial charge in [0.1, 0.15) is 0 Å². The van der Waals surface area contributed by atoms with Crippen molar-refractivity contribution in [1.82, 2.24) is 19.9 Å². The largest absolute Gasteiger partial charge is 0.332 e. The summed E-state index contributed by atoms with van der Waals surface area (Å²) in [5.74, 6) is 1.39. The number of imidazole rings is 1. The van der Waals surface area contributed by atoms with E-state index in [4.69, 9.17) is 4.98 Å². The zero-order valence-corrected chi connectivity index (χ0v) is 11.5. The molecule has 0 saturated heterocycles. The fourth-order valence-electron chi connectivity index (χ4n) is 1.77. The fourth-order valence-corrected chi connectivity index (χ4v) is 3.04. The van der Waals surface area contributed by atoms with Crippen LogP contribution in [0.15, 0.2) is 12.4 Å². The zero-order valence-electron chi connectivity index (χ0n) is 10.7. The smallest absolute Gasteiger partial charge is 0.168 e. The molecule has 0 bridgehead atoms. The molecule has 1 N–H and O–H groups in total. The highest BCUT2D eigenvalue weighted by Gasteiger charge is 2.16. The van der Waals surface area contributed by atoms with Gasteiger partial charge in [0.15, 0.2) is 10.8 Å². The zero-order chi connectivity index (χ0) is 12.4. The van der Waals surface area contributed by atoms with Gasteiger partial charge < -0.3 is 9.88 Å². The van der Waals surface area contributed by atoms with Crippen LogP contribution in [0.2, 0.25) is 0 Å². The molecule has 2 heterocycles. The quantitative estimate of drug-likeness (QED) is 0.906. The lowest BCUT2D eigenvalue weighted by Crippen LogP contribution is -2.06. The molecule has 0 unspecified atom stereocenters. The van der Waals surface area contributed by atoms with Crippen molar-refractivity contribution in [3.8, 4) is 10.8 Å². The summed E-state index contributed by atoms with van der Waals surface area (Å²) in [4.78, 5) is 10.4. The third-order valence-electron chi connectivity index (χ3n) is 2.62. The van der Waals surface area contributed by atoms with Gasteiger partial charge in [0, 0.05) is 30.9 Å². The van der Waals surface area contributed by atoms with Crippen LogP contribution >= 0.6 is 11.3 Å². The number of thiazole rings is 1. The molecule has 0 fully saturated rings. The second-order valence-electron chi connectivity index (χ2n) is 4.37. The van der Waals surface area contributed by atoms with Crippen molar-refractivity contribution in [1.29, 1.82) is 0 Å². The van der Waals surface area contributed by atoms with Crippen LogP contribution in [0.25, 0.3) is 10.8 Å². The maximum Gasteiger partial charge on any atom is 0.168 e. The topological polar surface area (TPSA) is 42.7 Å². The van der Waals surface area contributed by atoms with E-state index in [1.807, 2.05) is 31.1 Å². The highest BCUT2D eigenvalue weighted by atomic mass is 32.1. The summed E-state index contributed by atoms with van der Waals surface area (Å²) in [6.07, 6.45) is 3.76. The van der Waals surface area contributed by atoms with Crippen molar-refractivity contribution in [2.45, 2.75) is 26.3 Å². The molecule has 0 aliphatic rings. The van der Waals surface area contributed by atoms with Gasteiger partial charge in [-0.3, -0.25) is 0 Å². The second-order valence-corrected chi connectivity index (χ2v) is 5.46. The number of hydrogen-bond donors (Lipinski definition) is 1. The van der Waals surface area contributed by atoms with Crippen molar-refractivity contribution in [3.63, 3.8) is 0 Å². The van der Waals surface area contributed by atoms with E-state index in [-0.39, 0.29) is 0 Å². The predicted molar refractivity (Wildman–Crippen MR) is 71.2 cm³/mol. The highest BCUT2D eigenvalue weighted by molar-refractivity contribution is 7.15. The van der Waals surface area contributed by atoms with Gasteiger partial charge in [0.2, 0.25) is 0 Å². The number of rotatable bonds is 4. The molecule has 0 saturated carbocycles. The van der Waals surface area contributed by atoms with Crippen LogP contribution in [0.4, 0.5) is 0 Å². The molecule has 0 aliphatic heterocycles. The van der Waals surface area contributed by atoms with E-state index in [2.05, 4.69) is 24.1 Å². The first kappa shape index (κ1) is 12.3. The van der Waals surface area contributed by atoms with E-state index < -0.39 is 0 Å². The van der Waals surface area contributed by atoms with Crippen LogP contribution in [0.1, 0.15) is 30.3 Å². The molecular formula is C12H18N4S.